The third kappa shape index (κ3) is 5.18. The molecule has 3 aromatic rings. The van der Waals surface area contributed by atoms with Crippen LogP contribution in [-0.4, -0.2) is 67.6 Å². The molecule has 2 aliphatic heterocycles. The predicted octanol–water partition coefficient (Wildman–Crippen LogP) is 2.57. The molecule has 1 fully saturated rings. The maximum Gasteiger partial charge on any atom is 0.527 e. The molecule has 1 N–H and O–H groups in total. The molecule has 0 unspecified atom stereocenters. The summed E-state index contributed by atoms with van der Waals surface area (Å²) in [4.78, 5) is 45.5. The predicted molar refractivity (Wildman–Crippen MR) is 135 cm³/mol. The van der Waals surface area contributed by atoms with Crippen LogP contribution in [0.1, 0.15) is 37.9 Å². The van der Waals surface area contributed by atoms with Gasteiger partial charge in [0.25, 0.3) is 5.56 Å². The van der Waals surface area contributed by atoms with E-state index in [4.69, 9.17) is 14.6 Å². The highest BCUT2D eigenvalue weighted by atomic mass is 16.8. The first-order valence-corrected chi connectivity index (χ1v) is 12.5. The zero-order valence-electron chi connectivity index (χ0n) is 20.7. The number of hydroxylamine groups is 2. The van der Waals surface area contributed by atoms with Crippen molar-refractivity contribution in [1.82, 2.24) is 24.6 Å². The minimum atomic E-state index is -0.793. The first kappa shape index (κ1) is 24.8. The van der Waals surface area contributed by atoms with Gasteiger partial charge >= 0.3 is 6.16 Å². The normalized spacial score (nSPS) is 17.7. The second-order valence-electron chi connectivity index (χ2n) is 9.24. The van der Waals surface area contributed by atoms with Crippen molar-refractivity contribution in [2.24, 2.45) is 0 Å². The molecule has 4 heterocycles. The standard InChI is InChI=1S/C26H30N6O5/c1-2-36-25(35)37-30-13-9-26(10-14-30)11-15-31-23(34)16-21(20-8-12-27-18-28-20)29-24(31)32(26)17-22(33)19-6-4-3-5-7-19/h3-8,12,16,18,22,33H,2,9-11,13-15,17H2,1H3/t22-/m1/s1. The number of carbonyl (C=O) groups excluding carboxylic acids is 1. The van der Waals surface area contributed by atoms with E-state index in [9.17, 15) is 14.7 Å². The number of anilines is 1. The Balaban J connectivity index is 1.49. The van der Waals surface area contributed by atoms with Crippen LogP contribution in [0.15, 0.2) is 59.8 Å². The molecule has 5 rings (SSSR count). The van der Waals surface area contributed by atoms with E-state index in [1.54, 1.807) is 28.8 Å². The van der Waals surface area contributed by atoms with E-state index in [0.717, 1.165) is 5.56 Å². The van der Waals surface area contributed by atoms with Gasteiger partial charge in [0.1, 0.15) is 6.33 Å². The van der Waals surface area contributed by atoms with Crippen LogP contribution in [0.4, 0.5) is 10.7 Å². The molecule has 1 aromatic carbocycles. The number of hydrogen-bond donors (Lipinski definition) is 1. The van der Waals surface area contributed by atoms with E-state index in [1.165, 1.54) is 12.4 Å². The van der Waals surface area contributed by atoms with Gasteiger partial charge in [0.05, 0.1) is 30.6 Å². The largest absolute Gasteiger partial charge is 0.527 e. The third-order valence-electron chi connectivity index (χ3n) is 7.11. The van der Waals surface area contributed by atoms with E-state index in [-0.39, 0.29) is 24.2 Å². The Morgan fingerprint density at radius 1 is 1.11 bits per heavy atom. The lowest BCUT2D eigenvalue weighted by Gasteiger charge is -2.52. The second kappa shape index (κ2) is 10.7. The number of benzene rings is 1. The zero-order valence-corrected chi connectivity index (χ0v) is 20.7. The van der Waals surface area contributed by atoms with Gasteiger partial charge < -0.3 is 19.6 Å². The van der Waals surface area contributed by atoms with Crippen LogP contribution in [0, 0.1) is 0 Å². The van der Waals surface area contributed by atoms with Crippen LogP contribution in [-0.2, 0) is 16.1 Å². The van der Waals surface area contributed by atoms with Crippen LogP contribution in [0.25, 0.3) is 11.4 Å². The van der Waals surface area contributed by atoms with Crippen molar-refractivity contribution in [3.8, 4) is 11.4 Å². The average molecular weight is 507 g/mol. The van der Waals surface area contributed by atoms with Crippen LogP contribution in [0.3, 0.4) is 0 Å². The molecule has 0 amide bonds. The first-order chi connectivity index (χ1) is 18.0. The molecular formula is C26H30N6O5. The molecule has 1 saturated heterocycles. The Hall–Kier alpha value is -3.83. The summed E-state index contributed by atoms with van der Waals surface area (Å²) in [5, 5.41) is 12.8. The Bertz CT molecular complexity index is 1280. The Morgan fingerprint density at radius 3 is 2.57 bits per heavy atom. The lowest BCUT2D eigenvalue weighted by molar-refractivity contribution is -0.146. The molecule has 1 atom stereocenters. The summed E-state index contributed by atoms with van der Waals surface area (Å²) in [5.74, 6) is 0.502. The smallest absolute Gasteiger partial charge is 0.433 e. The van der Waals surface area contributed by atoms with Gasteiger partial charge in [-0.2, -0.15) is 0 Å². The highest BCUT2D eigenvalue weighted by molar-refractivity contribution is 5.59. The Labute approximate surface area is 214 Å². The van der Waals surface area contributed by atoms with Gasteiger partial charge in [0.2, 0.25) is 5.95 Å². The molecule has 2 aliphatic rings. The minimum absolute atomic E-state index is 0.171. The van der Waals surface area contributed by atoms with E-state index < -0.39 is 12.3 Å². The summed E-state index contributed by atoms with van der Waals surface area (Å²) in [6.07, 6.45) is 3.53. The van der Waals surface area contributed by atoms with Crippen molar-refractivity contribution in [3.05, 3.63) is 70.9 Å². The summed E-state index contributed by atoms with van der Waals surface area (Å²) in [6, 6.07) is 12.7. The maximum atomic E-state index is 13.2. The topological polar surface area (TPSA) is 123 Å². The SMILES string of the molecule is CCOC(=O)ON1CCC2(CC1)CCn1c(nc(-c3ccncn3)cc1=O)N2C[C@@H](O)c1ccccc1. The molecule has 0 aliphatic carbocycles. The number of carbonyl (C=O) groups is 1. The van der Waals surface area contributed by atoms with E-state index in [2.05, 4.69) is 14.9 Å². The van der Waals surface area contributed by atoms with E-state index in [0.29, 0.717) is 56.2 Å². The van der Waals surface area contributed by atoms with Gasteiger partial charge in [0, 0.05) is 37.4 Å². The molecule has 2 aromatic heterocycles. The number of aliphatic hydroxyl groups excluding tert-OH is 1. The molecule has 194 valence electrons. The third-order valence-corrected chi connectivity index (χ3v) is 7.11. The number of nitrogens with zero attached hydrogens (tertiary/aromatic N) is 6. The highest BCUT2D eigenvalue weighted by Crippen LogP contribution is 2.40. The van der Waals surface area contributed by atoms with Crippen LogP contribution in [0.5, 0.6) is 0 Å². The summed E-state index contributed by atoms with van der Waals surface area (Å²) >= 11 is 0. The highest BCUT2D eigenvalue weighted by Gasteiger charge is 2.45. The molecule has 1 spiro atoms. The van der Waals surface area contributed by atoms with Crippen LogP contribution < -0.4 is 10.5 Å². The van der Waals surface area contributed by atoms with E-state index >= 15 is 0 Å². The van der Waals surface area contributed by atoms with Crippen molar-refractivity contribution in [2.45, 2.75) is 44.4 Å². The molecule has 11 heteroatoms. The minimum Gasteiger partial charge on any atom is -0.433 e. The fourth-order valence-corrected chi connectivity index (χ4v) is 5.14. The van der Waals surface area contributed by atoms with Crippen molar-refractivity contribution < 1.29 is 19.5 Å². The van der Waals surface area contributed by atoms with Crippen molar-refractivity contribution >= 4 is 12.1 Å². The lowest BCUT2D eigenvalue weighted by atomic mass is 9.81. The van der Waals surface area contributed by atoms with Gasteiger partial charge in [-0.1, -0.05) is 30.3 Å². The van der Waals surface area contributed by atoms with Gasteiger partial charge in [-0.25, -0.2) is 19.7 Å². The van der Waals surface area contributed by atoms with Gasteiger partial charge in [-0.05, 0) is 37.8 Å². The number of aromatic nitrogens is 4. The fraction of sp³-hybridized carbons (Fsp3) is 0.423. The van der Waals surface area contributed by atoms with Crippen molar-refractivity contribution in [2.75, 3.05) is 31.1 Å². The molecule has 11 nitrogen and oxygen atoms in total. The zero-order chi connectivity index (χ0) is 25.8. The van der Waals surface area contributed by atoms with Gasteiger partial charge in [-0.15, -0.1) is 5.06 Å². The van der Waals surface area contributed by atoms with Crippen molar-refractivity contribution in [3.63, 3.8) is 0 Å². The maximum absolute atomic E-state index is 13.2. The number of rotatable bonds is 6. The number of fused-ring (bicyclic) bond motifs is 1. The second-order valence-corrected chi connectivity index (χ2v) is 9.24. The summed E-state index contributed by atoms with van der Waals surface area (Å²) in [5.41, 5.74) is 1.24. The number of ether oxygens (including phenoxy) is 1. The molecule has 0 radical (unpaired) electrons. The number of piperidine rings is 1. The molecular weight excluding hydrogens is 476 g/mol. The fourth-order valence-electron chi connectivity index (χ4n) is 5.14. The lowest BCUT2D eigenvalue weighted by Crippen LogP contribution is -2.61. The summed E-state index contributed by atoms with van der Waals surface area (Å²) in [7, 11) is 0. The van der Waals surface area contributed by atoms with Crippen LogP contribution in [0.2, 0.25) is 0 Å². The number of β-amino-alcohol motifs (C(OH)–C–C–N with tert-alkyl or cyclic N) is 1. The molecule has 0 bridgehead atoms. The Morgan fingerprint density at radius 2 is 1.86 bits per heavy atom. The van der Waals surface area contributed by atoms with Crippen molar-refractivity contribution in [1.29, 1.82) is 0 Å². The van der Waals surface area contributed by atoms with Gasteiger partial charge in [0.15, 0.2) is 0 Å². The number of aliphatic hydroxyl groups is 1. The monoisotopic (exact) mass is 506 g/mol. The summed E-state index contributed by atoms with van der Waals surface area (Å²) < 4.78 is 6.58. The first-order valence-electron chi connectivity index (χ1n) is 12.5. The molecule has 37 heavy (non-hydrogen) atoms. The number of hydrogen-bond acceptors (Lipinski definition) is 10. The summed E-state index contributed by atoms with van der Waals surface area (Å²) in [6.45, 7) is 3.71. The Kier molecular flexibility index (Phi) is 7.15. The quantitative estimate of drug-likeness (QED) is 0.499. The van der Waals surface area contributed by atoms with Gasteiger partial charge in [-0.3, -0.25) is 9.36 Å². The molecule has 0 saturated carbocycles. The van der Waals surface area contributed by atoms with Crippen LogP contribution >= 0.6 is 0 Å². The average Bonchev–Trinajstić information content (AvgIpc) is 2.92. The van der Waals surface area contributed by atoms with E-state index in [1.807, 2.05) is 30.3 Å².